The summed E-state index contributed by atoms with van der Waals surface area (Å²) < 4.78 is 26.6. The molecule has 0 unspecified atom stereocenters. The number of aromatic nitrogens is 2. The van der Waals surface area contributed by atoms with E-state index in [1.807, 2.05) is 18.4 Å². The molecule has 4 nitrogen and oxygen atoms in total. The van der Waals surface area contributed by atoms with E-state index in [2.05, 4.69) is 18.8 Å². The van der Waals surface area contributed by atoms with Gasteiger partial charge in [0.05, 0.1) is 11.0 Å². The summed E-state index contributed by atoms with van der Waals surface area (Å²) in [5, 5.41) is 0. The predicted molar refractivity (Wildman–Crippen MR) is 76.1 cm³/mol. The predicted octanol–water partition coefficient (Wildman–Crippen LogP) is 3.83. The molecular formula is C15H21FN2O2. The van der Waals surface area contributed by atoms with Crippen LogP contribution in [0.4, 0.5) is 4.39 Å². The summed E-state index contributed by atoms with van der Waals surface area (Å²) in [6.07, 6.45) is -0.525. The van der Waals surface area contributed by atoms with Gasteiger partial charge in [0, 0.05) is 25.3 Å². The SMILES string of the molecule is CCOC(OCC)c1nc2cc(F)ccc2n1C(C)C. The molecule has 2 rings (SSSR count). The molecule has 1 aromatic carbocycles. The van der Waals surface area contributed by atoms with Gasteiger partial charge in [-0.1, -0.05) is 0 Å². The lowest BCUT2D eigenvalue weighted by Crippen LogP contribution is -2.16. The Balaban J connectivity index is 2.57. The second-order valence-corrected chi connectivity index (χ2v) is 4.81. The normalized spacial score (nSPS) is 11.9. The molecule has 2 aromatic rings. The molecule has 0 amide bonds. The zero-order valence-electron chi connectivity index (χ0n) is 12.4. The summed E-state index contributed by atoms with van der Waals surface area (Å²) in [4.78, 5) is 4.51. The second kappa shape index (κ2) is 6.33. The van der Waals surface area contributed by atoms with E-state index in [9.17, 15) is 4.39 Å². The van der Waals surface area contributed by atoms with Crippen molar-refractivity contribution in [3.63, 3.8) is 0 Å². The van der Waals surface area contributed by atoms with Crippen molar-refractivity contribution < 1.29 is 13.9 Å². The Kier molecular flexibility index (Phi) is 4.73. The van der Waals surface area contributed by atoms with Gasteiger partial charge in [0.25, 0.3) is 0 Å². The second-order valence-electron chi connectivity index (χ2n) is 4.81. The van der Waals surface area contributed by atoms with Gasteiger partial charge < -0.3 is 14.0 Å². The zero-order chi connectivity index (χ0) is 14.7. The molecule has 1 aromatic heterocycles. The summed E-state index contributed by atoms with van der Waals surface area (Å²) in [7, 11) is 0. The zero-order valence-corrected chi connectivity index (χ0v) is 12.4. The van der Waals surface area contributed by atoms with E-state index in [1.165, 1.54) is 12.1 Å². The Morgan fingerprint density at radius 3 is 2.40 bits per heavy atom. The number of ether oxygens (including phenoxy) is 2. The van der Waals surface area contributed by atoms with Crippen LogP contribution in [0.1, 0.15) is 45.9 Å². The molecule has 1 heterocycles. The highest BCUT2D eigenvalue weighted by molar-refractivity contribution is 5.76. The van der Waals surface area contributed by atoms with Crippen LogP contribution in [0.3, 0.4) is 0 Å². The Labute approximate surface area is 118 Å². The monoisotopic (exact) mass is 280 g/mol. The fourth-order valence-corrected chi connectivity index (χ4v) is 2.30. The highest BCUT2D eigenvalue weighted by Crippen LogP contribution is 2.28. The van der Waals surface area contributed by atoms with Crippen LogP contribution in [-0.4, -0.2) is 22.8 Å². The quantitative estimate of drug-likeness (QED) is 0.754. The number of rotatable bonds is 6. The summed E-state index contributed by atoms with van der Waals surface area (Å²) in [6.45, 7) is 8.99. The van der Waals surface area contributed by atoms with E-state index >= 15 is 0 Å². The van der Waals surface area contributed by atoms with Crippen molar-refractivity contribution in [2.45, 2.75) is 40.0 Å². The van der Waals surface area contributed by atoms with Crippen molar-refractivity contribution in [3.05, 3.63) is 29.8 Å². The molecule has 0 aliphatic rings. The third-order valence-corrected chi connectivity index (χ3v) is 3.04. The van der Waals surface area contributed by atoms with E-state index in [0.717, 1.165) is 5.52 Å². The lowest BCUT2D eigenvalue weighted by molar-refractivity contribution is -0.146. The van der Waals surface area contributed by atoms with Crippen LogP contribution >= 0.6 is 0 Å². The minimum atomic E-state index is -0.525. The van der Waals surface area contributed by atoms with Crippen LogP contribution in [-0.2, 0) is 9.47 Å². The summed E-state index contributed by atoms with van der Waals surface area (Å²) in [6, 6.07) is 4.81. The topological polar surface area (TPSA) is 36.3 Å². The van der Waals surface area contributed by atoms with Gasteiger partial charge in [-0.05, 0) is 39.8 Å². The van der Waals surface area contributed by atoms with Crippen molar-refractivity contribution in [1.29, 1.82) is 0 Å². The summed E-state index contributed by atoms with van der Waals surface area (Å²) in [5.74, 6) is 0.395. The first kappa shape index (κ1) is 14.9. The number of hydrogen-bond donors (Lipinski definition) is 0. The number of imidazole rings is 1. The van der Waals surface area contributed by atoms with Crippen LogP contribution in [0.25, 0.3) is 11.0 Å². The molecule has 0 aliphatic heterocycles. The van der Waals surface area contributed by atoms with Crippen LogP contribution < -0.4 is 0 Å². The number of halogens is 1. The maximum Gasteiger partial charge on any atom is 0.217 e. The van der Waals surface area contributed by atoms with E-state index in [-0.39, 0.29) is 11.9 Å². The molecule has 0 fully saturated rings. The Hall–Kier alpha value is -1.46. The average Bonchev–Trinajstić information content (AvgIpc) is 2.76. The summed E-state index contributed by atoms with van der Waals surface area (Å²) >= 11 is 0. The average molecular weight is 280 g/mol. The maximum atomic E-state index is 13.4. The van der Waals surface area contributed by atoms with Crippen LogP contribution in [0, 0.1) is 5.82 Å². The van der Waals surface area contributed by atoms with Gasteiger partial charge >= 0.3 is 0 Å². The van der Waals surface area contributed by atoms with E-state index < -0.39 is 6.29 Å². The van der Waals surface area contributed by atoms with E-state index in [0.29, 0.717) is 24.6 Å². The minimum absolute atomic E-state index is 0.184. The van der Waals surface area contributed by atoms with Crippen LogP contribution in [0.2, 0.25) is 0 Å². The number of benzene rings is 1. The highest BCUT2D eigenvalue weighted by Gasteiger charge is 2.22. The van der Waals surface area contributed by atoms with E-state index in [1.54, 1.807) is 6.07 Å². The van der Waals surface area contributed by atoms with Gasteiger partial charge in [-0.25, -0.2) is 9.37 Å². The first-order valence-electron chi connectivity index (χ1n) is 6.99. The molecule has 0 radical (unpaired) electrons. The molecule has 0 N–H and O–H groups in total. The van der Waals surface area contributed by atoms with Crippen molar-refractivity contribution in [2.24, 2.45) is 0 Å². The van der Waals surface area contributed by atoms with Gasteiger partial charge in [-0.3, -0.25) is 0 Å². The lowest BCUT2D eigenvalue weighted by Gasteiger charge is -2.20. The van der Waals surface area contributed by atoms with Crippen molar-refractivity contribution in [3.8, 4) is 0 Å². The summed E-state index contributed by atoms with van der Waals surface area (Å²) in [5.41, 5.74) is 1.51. The number of hydrogen-bond acceptors (Lipinski definition) is 3. The van der Waals surface area contributed by atoms with Gasteiger partial charge in [0.2, 0.25) is 6.29 Å². The first-order chi connectivity index (χ1) is 9.58. The molecule has 110 valence electrons. The van der Waals surface area contributed by atoms with Gasteiger partial charge in [-0.2, -0.15) is 0 Å². The number of fused-ring (bicyclic) bond motifs is 1. The van der Waals surface area contributed by atoms with Gasteiger partial charge in [0.1, 0.15) is 5.82 Å². The molecule has 0 bridgehead atoms. The molecule has 0 atom stereocenters. The maximum absolute atomic E-state index is 13.4. The van der Waals surface area contributed by atoms with Crippen LogP contribution in [0.5, 0.6) is 0 Å². The molecule has 0 saturated carbocycles. The third-order valence-electron chi connectivity index (χ3n) is 3.04. The van der Waals surface area contributed by atoms with E-state index in [4.69, 9.17) is 9.47 Å². The van der Waals surface area contributed by atoms with Gasteiger partial charge in [-0.15, -0.1) is 0 Å². The highest BCUT2D eigenvalue weighted by atomic mass is 19.1. The largest absolute Gasteiger partial charge is 0.346 e. The number of nitrogens with zero attached hydrogens (tertiary/aromatic N) is 2. The van der Waals surface area contributed by atoms with Crippen molar-refractivity contribution in [1.82, 2.24) is 9.55 Å². The molecule has 0 aliphatic carbocycles. The molecule has 5 heteroatoms. The van der Waals surface area contributed by atoms with Crippen molar-refractivity contribution in [2.75, 3.05) is 13.2 Å². The van der Waals surface area contributed by atoms with Crippen molar-refractivity contribution >= 4 is 11.0 Å². The van der Waals surface area contributed by atoms with Gasteiger partial charge in [0.15, 0.2) is 5.82 Å². The lowest BCUT2D eigenvalue weighted by atomic mass is 10.3. The molecular weight excluding hydrogens is 259 g/mol. The molecule has 0 saturated heterocycles. The Morgan fingerprint density at radius 2 is 1.85 bits per heavy atom. The molecule has 0 spiro atoms. The van der Waals surface area contributed by atoms with Crippen LogP contribution in [0.15, 0.2) is 18.2 Å². The minimum Gasteiger partial charge on any atom is -0.346 e. The smallest absolute Gasteiger partial charge is 0.217 e. The first-order valence-corrected chi connectivity index (χ1v) is 6.99. The standard InChI is InChI=1S/C15H21FN2O2/c1-5-19-15(20-6-2)14-17-12-9-11(16)7-8-13(12)18(14)10(3)4/h7-10,15H,5-6H2,1-4H3. The Morgan fingerprint density at radius 1 is 1.20 bits per heavy atom. The fourth-order valence-electron chi connectivity index (χ4n) is 2.30. The Bertz CT molecular complexity index is 575. The third kappa shape index (κ3) is 2.83. The molecule has 20 heavy (non-hydrogen) atoms. The fraction of sp³-hybridized carbons (Fsp3) is 0.533.